The topological polar surface area (TPSA) is 62.3 Å². The van der Waals surface area contributed by atoms with Gasteiger partial charge in [-0.25, -0.2) is 13.4 Å². The second-order valence-corrected chi connectivity index (χ2v) is 8.82. The standard InChI is InChI=1S/C17H27N3O2S/c1-2-8-17(9-10-17)14-19-16-15(7-6-11-18-16)23(21,22)20-12-4-3-5-13-20/h6-7,11H,2-5,8-10,12-14H2,1H3,(H,18,19). The second-order valence-electron chi connectivity index (χ2n) is 6.92. The van der Waals surface area contributed by atoms with Crippen LogP contribution in [0.25, 0.3) is 0 Å². The maximum absolute atomic E-state index is 12.9. The van der Waals surface area contributed by atoms with Crippen molar-refractivity contribution in [2.75, 3.05) is 25.0 Å². The summed E-state index contributed by atoms with van der Waals surface area (Å²) in [5, 5.41) is 3.33. The van der Waals surface area contributed by atoms with Gasteiger partial charge in [-0.2, -0.15) is 4.31 Å². The van der Waals surface area contributed by atoms with Gasteiger partial charge < -0.3 is 5.32 Å². The van der Waals surface area contributed by atoms with E-state index in [0.29, 0.717) is 29.2 Å². The number of piperidine rings is 1. The number of sulfonamides is 1. The highest BCUT2D eigenvalue weighted by molar-refractivity contribution is 7.89. The molecule has 23 heavy (non-hydrogen) atoms. The summed E-state index contributed by atoms with van der Waals surface area (Å²) < 4.78 is 27.4. The van der Waals surface area contributed by atoms with Crippen LogP contribution in [0.4, 0.5) is 5.82 Å². The van der Waals surface area contributed by atoms with Crippen LogP contribution in [-0.4, -0.2) is 37.3 Å². The molecule has 0 amide bonds. The van der Waals surface area contributed by atoms with Crippen molar-refractivity contribution in [3.8, 4) is 0 Å². The van der Waals surface area contributed by atoms with Crippen molar-refractivity contribution in [1.29, 1.82) is 0 Å². The Morgan fingerprint density at radius 2 is 2.00 bits per heavy atom. The van der Waals surface area contributed by atoms with Gasteiger partial charge in [-0.3, -0.25) is 0 Å². The fraction of sp³-hybridized carbons (Fsp3) is 0.706. The Labute approximate surface area is 139 Å². The summed E-state index contributed by atoms with van der Waals surface area (Å²) >= 11 is 0. The van der Waals surface area contributed by atoms with Crippen LogP contribution in [0, 0.1) is 5.41 Å². The lowest BCUT2D eigenvalue weighted by atomic mass is 10.0. The van der Waals surface area contributed by atoms with E-state index in [4.69, 9.17) is 0 Å². The van der Waals surface area contributed by atoms with Gasteiger partial charge in [-0.15, -0.1) is 0 Å². The number of pyridine rings is 1. The van der Waals surface area contributed by atoms with E-state index in [-0.39, 0.29) is 0 Å². The molecule has 1 aromatic heterocycles. The van der Waals surface area contributed by atoms with Crippen molar-refractivity contribution >= 4 is 15.8 Å². The Morgan fingerprint density at radius 3 is 2.65 bits per heavy atom. The summed E-state index contributed by atoms with van der Waals surface area (Å²) in [6, 6.07) is 3.39. The van der Waals surface area contributed by atoms with Gasteiger partial charge in [0.05, 0.1) is 0 Å². The number of rotatable bonds is 7. The lowest BCUT2D eigenvalue weighted by Crippen LogP contribution is -2.36. The molecule has 2 aliphatic rings. The molecular weight excluding hydrogens is 310 g/mol. The van der Waals surface area contributed by atoms with E-state index in [1.807, 2.05) is 0 Å². The number of nitrogens with one attached hydrogen (secondary N) is 1. The van der Waals surface area contributed by atoms with Crippen molar-refractivity contribution in [3.63, 3.8) is 0 Å². The molecule has 1 saturated carbocycles. The summed E-state index contributed by atoms with van der Waals surface area (Å²) in [4.78, 5) is 4.64. The zero-order valence-electron chi connectivity index (χ0n) is 13.9. The molecule has 1 aliphatic heterocycles. The minimum Gasteiger partial charge on any atom is -0.368 e. The smallest absolute Gasteiger partial charge is 0.246 e. The van der Waals surface area contributed by atoms with E-state index < -0.39 is 10.0 Å². The summed E-state index contributed by atoms with van der Waals surface area (Å²) in [7, 11) is -3.44. The van der Waals surface area contributed by atoms with Crippen molar-refractivity contribution in [3.05, 3.63) is 18.3 Å². The highest BCUT2D eigenvalue weighted by Crippen LogP contribution is 2.49. The molecule has 1 aromatic rings. The Balaban J connectivity index is 1.77. The first-order chi connectivity index (χ1) is 11.1. The highest BCUT2D eigenvalue weighted by Gasteiger charge is 2.41. The fourth-order valence-corrected chi connectivity index (χ4v) is 5.11. The molecule has 0 spiro atoms. The van der Waals surface area contributed by atoms with Crippen LogP contribution in [0.15, 0.2) is 23.2 Å². The molecule has 2 heterocycles. The van der Waals surface area contributed by atoms with Crippen molar-refractivity contribution in [2.24, 2.45) is 5.41 Å². The summed E-state index contributed by atoms with van der Waals surface area (Å²) in [5.41, 5.74) is 0.360. The van der Waals surface area contributed by atoms with Gasteiger partial charge in [0.1, 0.15) is 10.7 Å². The lowest BCUT2D eigenvalue weighted by molar-refractivity contribution is 0.346. The zero-order chi connectivity index (χ0) is 16.3. The van der Waals surface area contributed by atoms with Crippen LogP contribution in [0.2, 0.25) is 0 Å². The fourth-order valence-electron chi connectivity index (χ4n) is 3.47. The molecule has 128 valence electrons. The Bertz CT molecular complexity index is 635. The molecule has 1 N–H and O–H groups in total. The van der Waals surface area contributed by atoms with E-state index in [0.717, 1.165) is 25.8 Å². The zero-order valence-corrected chi connectivity index (χ0v) is 14.7. The van der Waals surface area contributed by atoms with Crippen LogP contribution < -0.4 is 5.32 Å². The number of anilines is 1. The minimum atomic E-state index is -3.44. The van der Waals surface area contributed by atoms with Crippen molar-refractivity contribution in [2.45, 2.75) is 56.8 Å². The summed E-state index contributed by atoms with van der Waals surface area (Å²) in [6.45, 7) is 4.26. The first kappa shape index (κ1) is 16.7. The maximum atomic E-state index is 12.9. The Morgan fingerprint density at radius 1 is 1.26 bits per heavy atom. The molecule has 0 aromatic carbocycles. The highest BCUT2D eigenvalue weighted by atomic mass is 32.2. The quantitative estimate of drug-likeness (QED) is 0.829. The Kier molecular flexibility index (Phi) is 4.92. The molecule has 0 atom stereocenters. The van der Waals surface area contributed by atoms with Gasteiger partial charge in [0.25, 0.3) is 0 Å². The molecular formula is C17H27N3O2S. The average molecular weight is 337 g/mol. The van der Waals surface area contributed by atoms with E-state index in [1.54, 1.807) is 22.6 Å². The van der Waals surface area contributed by atoms with Crippen molar-refractivity contribution in [1.82, 2.24) is 9.29 Å². The first-order valence-corrected chi connectivity index (χ1v) is 10.2. The molecule has 6 heteroatoms. The molecule has 3 rings (SSSR count). The van der Waals surface area contributed by atoms with Gasteiger partial charge in [0, 0.05) is 25.8 Å². The third kappa shape index (κ3) is 3.69. The molecule has 2 fully saturated rings. The van der Waals surface area contributed by atoms with Gasteiger partial charge in [0.2, 0.25) is 10.0 Å². The predicted octanol–water partition coefficient (Wildman–Crippen LogP) is 3.25. The van der Waals surface area contributed by atoms with E-state index in [1.165, 1.54) is 25.7 Å². The molecule has 5 nitrogen and oxygen atoms in total. The van der Waals surface area contributed by atoms with E-state index >= 15 is 0 Å². The lowest BCUT2D eigenvalue weighted by Gasteiger charge is -2.27. The predicted molar refractivity (Wildman–Crippen MR) is 91.9 cm³/mol. The van der Waals surface area contributed by atoms with Crippen LogP contribution in [0.3, 0.4) is 0 Å². The Hall–Kier alpha value is -1.14. The third-order valence-corrected chi connectivity index (χ3v) is 7.00. The second kappa shape index (κ2) is 6.77. The maximum Gasteiger partial charge on any atom is 0.246 e. The molecule has 1 aliphatic carbocycles. The number of aromatic nitrogens is 1. The largest absolute Gasteiger partial charge is 0.368 e. The monoisotopic (exact) mass is 337 g/mol. The van der Waals surface area contributed by atoms with Crippen LogP contribution in [0.5, 0.6) is 0 Å². The van der Waals surface area contributed by atoms with Gasteiger partial charge >= 0.3 is 0 Å². The number of hydrogen-bond donors (Lipinski definition) is 1. The minimum absolute atomic E-state index is 0.328. The molecule has 1 saturated heterocycles. The van der Waals surface area contributed by atoms with Gasteiger partial charge in [-0.05, 0) is 49.7 Å². The first-order valence-electron chi connectivity index (χ1n) is 8.76. The number of hydrogen-bond acceptors (Lipinski definition) is 4. The van der Waals surface area contributed by atoms with E-state index in [2.05, 4.69) is 17.2 Å². The van der Waals surface area contributed by atoms with Gasteiger partial charge in [0.15, 0.2) is 0 Å². The normalized spacial score (nSPS) is 21.1. The summed E-state index contributed by atoms with van der Waals surface area (Å²) in [6.07, 6.45) is 9.50. The van der Waals surface area contributed by atoms with Crippen LogP contribution >= 0.6 is 0 Å². The third-order valence-electron chi connectivity index (χ3n) is 5.07. The van der Waals surface area contributed by atoms with Crippen molar-refractivity contribution < 1.29 is 8.42 Å². The van der Waals surface area contributed by atoms with Gasteiger partial charge in [-0.1, -0.05) is 19.8 Å². The van der Waals surface area contributed by atoms with Crippen LogP contribution in [-0.2, 0) is 10.0 Å². The van der Waals surface area contributed by atoms with E-state index in [9.17, 15) is 8.42 Å². The SMILES string of the molecule is CCCC1(CNc2ncccc2S(=O)(=O)N2CCCCC2)CC1. The number of nitrogens with zero attached hydrogens (tertiary/aromatic N) is 2. The molecule has 0 bridgehead atoms. The molecule has 0 radical (unpaired) electrons. The average Bonchev–Trinajstić information content (AvgIpc) is 3.34. The summed E-state index contributed by atoms with van der Waals surface area (Å²) in [5.74, 6) is 0.514. The van der Waals surface area contributed by atoms with Crippen LogP contribution in [0.1, 0.15) is 51.9 Å². The molecule has 0 unspecified atom stereocenters.